The molecule has 1 aliphatic carbocycles. The van der Waals surface area contributed by atoms with E-state index >= 15 is 0 Å². The molecule has 0 unspecified atom stereocenters. The molecule has 1 aliphatic heterocycles. The van der Waals surface area contributed by atoms with E-state index in [1.165, 1.54) is 12.4 Å². The minimum atomic E-state index is -0.300. The number of benzene rings is 1. The zero-order chi connectivity index (χ0) is 18.6. The maximum absolute atomic E-state index is 14.5. The maximum atomic E-state index is 14.5. The summed E-state index contributed by atoms with van der Waals surface area (Å²) in [7, 11) is 0. The number of nitrogens with zero attached hydrogens (tertiary/aromatic N) is 5. The van der Waals surface area contributed by atoms with E-state index in [1.807, 2.05) is 0 Å². The lowest BCUT2D eigenvalue weighted by molar-refractivity contribution is 0.343. The number of fused-ring (bicyclic) bond motifs is 1. The first-order valence-corrected chi connectivity index (χ1v) is 10.0. The van der Waals surface area contributed by atoms with Gasteiger partial charge in [-0.1, -0.05) is 12.1 Å². The predicted octanol–water partition coefficient (Wildman–Crippen LogP) is 4.35. The van der Waals surface area contributed by atoms with Gasteiger partial charge in [0.1, 0.15) is 18.0 Å². The van der Waals surface area contributed by atoms with Gasteiger partial charge in [-0.25, -0.2) is 14.4 Å². The molecule has 5 rings (SSSR count). The summed E-state index contributed by atoms with van der Waals surface area (Å²) in [5.41, 5.74) is 0.694. The molecule has 3 aromatic rings. The van der Waals surface area contributed by atoms with Crippen LogP contribution in [-0.4, -0.2) is 33.2 Å². The molecule has 0 N–H and O–H groups in total. The van der Waals surface area contributed by atoms with Crippen molar-refractivity contribution in [2.24, 2.45) is 0 Å². The number of aromatic nitrogens is 4. The summed E-state index contributed by atoms with van der Waals surface area (Å²) in [5, 5.41) is 4.69. The van der Waals surface area contributed by atoms with Crippen molar-refractivity contribution in [2.45, 2.75) is 43.9 Å². The molecule has 6 nitrogen and oxygen atoms in total. The Bertz CT molecular complexity index is 1010. The normalized spacial score (nSPS) is 19.6. The highest BCUT2D eigenvalue weighted by molar-refractivity contribution is 9.10. The van der Waals surface area contributed by atoms with E-state index < -0.39 is 0 Å². The van der Waals surface area contributed by atoms with Gasteiger partial charge in [0.2, 0.25) is 5.89 Å². The third-order valence-corrected chi connectivity index (χ3v) is 6.43. The summed E-state index contributed by atoms with van der Waals surface area (Å²) in [6, 6.07) is 3.13. The molecule has 1 saturated carbocycles. The van der Waals surface area contributed by atoms with Crippen molar-refractivity contribution in [2.75, 3.05) is 18.0 Å². The molecular weight excluding hydrogens is 413 g/mol. The molecule has 2 aliphatic rings. The number of halogens is 2. The lowest BCUT2D eigenvalue weighted by Crippen LogP contribution is -2.34. The third kappa shape index (κ3) is 2.90. The molecular formula is C19H19BrFN5O. The van der Waals surface area contributed by atoms with Gasteiger partial charge >= 0.3 is 0 Å². The second-order valence-corrected chi connectivity index (χ2v) is 8.58. The largest absolute Gasteiger partial charge is 0.356 e. The van der Waals surface area contributed by atoms with Gasteiger partial charge < -0.3 is 9.42 Å². The Labute approximate surface area is 164 Å². The predicted molar refractivity (Wildman–Crippen MR) is 102 cm³/mol. The fourth-order valence-corrected chi connectivity index (χ4v) is 4.16. The molecule has 0 atom stereocenters. The van der Waals surface area contributed by atoms with Crippen molar-refractivity contribution in [1.82, 2.24) is 20.1 Å². The zero-order valence-corrected chi connectivity index (χ0v) is 16.5. The molecule has 140 valence electrons. The van der Waals surface area contributed by atoms with Crippen LogP contribution in [0.4, 0.5) is 10.2 Å². The van der Waals surface area contributed by atoms with E-state index in [4.69, 9.17) is 4.52 Å². The molecule has 0 amide bonds. The summed E-state index contributed by atoms with van der Waals surface area (Å²) in [5.74, 6) is 2.20. The van der Waals surface area contributed by atoms with Crippen LogP contribution in [0.25, 0.3) is 10.9 Å². The van der Waals surface area contributed by atoms with Crippen LogP contribution in [0.5, 0.6) is 0 Å². The van der Waals surface area contributed by atoms with Crippen LogP contribution in [0.1, 0.15) is 50.2 Å². The average Bonchev–Trinajstić information content (AvgIpc) is 3.25. The van der Waals surface area contributed by atoms with Gasteiger partial charge in [-0.3, -0.25) is 0 Å². The Balaban J connectivity index is 1.37. The van der Waals surface area contributed by atoms with Crippen molar-refractivity contribution < 1.29 is 8.91 Å². The van der Waals surface area contributed by atoms with E-state index in [9.17, 15) is 4.39 Å². The number of hydrogen-bond donors (Lipinski definition) is 0. The molecule has 0 radical (unpaired) electrons. The zero-order valence-electron chi connectivity index (χ0n) is 15.0. The second kappa shape index (κ2) is 6.22. The minimum Gasteiger partial charge on any atom is -0.356 e. The first kappa shape index (κ1) is 17.0. The summed E-state index contributed by atoms with van der Waals surface area (Å²) in [6.45, 7) is 3.70. The van der Waals surface area contributed by atoms with Crippen molar-refractivity contribution in [3.05, 3.63) is 40.5 Å². The van der Waals surface area contributed by atoms with Gasteiger partial charge in [0, 0.05) is 28.9 Å². The molecule has 0 bridgehead atoms. The Hall–Kier alpha value is -2.09. The number of piperidine rings is 1. The Morgan fingerprint density at radius 2 is 2.00 bits per heavy atom. The fourth-order valence-electron chi connectivity index (χ4n) is 3.72. The molecule has 8 heteroatoms. The summed E-state index contributed by atoms with van der Waals surface area (Å²) >= 11 is 3.45. The topological polar surface area (TPSA) is 67.9 Å². The second-order valence-electron chi connectivity index (χ2n) is 7.73. The van der Waals surface area contributed by atoms with E-state index in [-0.39, 0.29) is 17.2 Å². The van der Waals surface area contributed by atoms with Gasteiger partial charge in [-0.05, 0) is 53.7 Å². The minimum absolute atomic E-state index is 0.0940. The SMILES string of the molecule is CC1(c2nc(C3CCN(c4ncnc5c(Br)ccc(F)c45)CC3)no2)CC1. The van der Waals surface area contributed by atoms with Gasteiger partial charge in [0.05, 0.1) is 10.9 Å². The monoisotopic (exact) mass is 431 g/mol. The van der Waals surface area contributed by atoms with Gasteiger partial charge in [0.25, 0.3) is 0 Å². The Morgan fingerprint density at radius 1 is 1.22 bits per heavy atom. The molecule has 2 aromatic heterocycles. The fraction of sp³-hybridized carbons (Fsp3) is 0.474. The van der Waals surface area contributed by atoms with Gasteiger partial charge in [-0.2, -0.15) is 4.98 Å². The van der Waals surface area contributed by atoms with Gasteiger partial charge in [0.15, 0.2) is 5.82 Å². The molecule has 2 fully saturated rings. The van der Waals surface area contributed by atoms with E-state index in [2.05, 4.69) is 47.9 Å². The molecule has 0 spiro atoms. The van der Waals surface area contributed by atoms with Crippen molar-refractivity contribution >= 4 is 32.7 Å². The highest BCUT2D eigenvalue weighted by atomic mass is 79.9. The highest BCUT2D eigenvalue weighted by Gasteiger charge is 2.45. The Kier molecular flexibility index (Phi) is 3.93. The van der Waals surface area contributed by atoms with E-state index in [0.717, 1.165) is 55.0 Å². The van der Waals surface area contributed by atoms with Crippen LogP contribution in [0.3, 0.4) is 0 Å². The van der Waals surface area contributed by atoms with E-state index in [0.29, 0.717) is 16.7 Å². The molecule has 27 heavy (non-hydrogen) atoms. The lowest BCUT2D eigenvalue weighted by atomic mass is 9.96. The number of anilines is 1. The highest BCUT2D eigenvalue weighted by Crippen LogP contribution is 2.47. The van der Waals surface area contributed by atoms with Gasteiger partial charge in [-0.15, -0.1) is 0 Å². The van der Waals surface area contributed by atoms with Crippen LogP contribution in [0, 0.1) is 5.82 Å². The summed E-state index contributed by atoms with van der Waals surface area (Å²) in [6.07, 6.45) is 5.51. The average molecular weight is 432 g/mol. The summed E-state index contributed by atoms with van der Waals surface area (Å²) in [4.78, 5) is 15.4. The smallest absolute Gasteiger partial charge is 0.232 e. The van der Waals surface area contributed by atoms with Crippen LogP contribution >= 0.6 is 15.9 Å². The lowest BCUT2D eigenvalue weighted by Gasteiger charge is -2.32. The van der Waals surface area contributed by atoms with Crippen molar-refractivity contribution in [1.29, 1.82) is 0 Å². The van der Waals surface area contributed by atoms with Crippen molar-refractivity contribution in [3.8, 4) is 0 Å². The van der Waals surface area contributed by atoms with Crippen LogP contribution in [0.2, 0.25) is 0 Å². The molecule has 3 heterocycles. The number of hydrogen-bond acceptors (Lipinski definition) is 6. The maximum Gasteiger partial charge on any atom is 0.232 e. The van der Waals surface area contributed by atoms with Crippen LogP contribution in [-0.2, 0) is 5.41 Å². The standard InChI is InChI=1S/C19H19BrFN5O/c1-19(6-7-19)18-24-16(25-27-18)11-4-8-26(9-5-11)17-14-13(21)3-2-12(20)15(14)22-10-23-17/h2-3,10-11H,4-9H2,1H3. The molecule has 1 aromatic carbocycles. The van der Waals surface area contributed by atoms with Crippen LogP contribution < -0.4 is 4.90 Å². The van der Waals surface area contributed by atoms with Crippen molar-refractivity contribution in [3.63, 3.8) is 0 Å². The summed E-state index contributed by atoms with van der Waals surface area (Å²) < 4.78 is 20.7. The quantitative estimate of drug-likeness (QED) is 0.613. The number of rotatable bonds is 3. The van der Waals surface area contributed by atoms with E-state index in [1.54, 1.807) is 6.07 Å². The van der Waals surface area contributed by atoms with Crippen LogP contribution in [0.15, 0.2) is 27.5 Å². The Morgan fingerprint density at radius 3 is 2.74 bits per heavy atom. The third-order valence-electron chi connectivity index (χ3n) is 5.79. The first-order valence-electron chi connectivity index (χ1n) is 9.23. The first-order chi connectivity index (χ1) is 13.0. The molecule has 1 saturated heterocycles.